The third kappa shape index (κ3) is 3.65. The van der Waals surface area contributed by atoms with Gasteiger partial charge in [-0.2, -0.15) is 4.31 Å². The molecule has 1 aromatic carbocycles. The van der Waals surface area contributed by atoms with E-state index in [9.17, 15) is 26.4 Å². The molecule has 0 bridgehead atoms. The summed E-state index contributed by atoms with van der Waals surface area (Å²) in [4.78, 5) is 13.3. The number of nitrogens with two attached hydrogens (primary N) is 1. The topological polar surface area (TPSA) is 110 Å². The van der Waals surface area contributed by atoms with Crippen molar-refractivity contribution < 1.29 is 26.4 Å². The molecule has 0 radical (unpaired) electrons. The highest BCUT2D eigenvalue weighted by atomic mass is 32.2. The molecule has 8 nitrogen and oxygen atoms in total. The molecule has 0 saturated carbocycles. The smallest absolute Gasteiger partial charge is 0.254 e. The molecule has 4 rings (SSSR count). The number of hydrogen-bond donors (Lipinski definition) is 2. The summed E-state index contributed by atoms with van der Waals surface area (Å²) >= 11 is 0. The highest BCUT2D eigenvalue weighted by molar-refractivity contribution is 7.89. The number of nitrogen functional groups attached to an aromatic ring is 1. The second-order valence-corrected chi connectivity index (χ2v) is 9.33. The SMILES string of the molecule is Nc1nn(C(=O)C2CCNc3ccc(F)cc32)c2c1CCN(S(=O)(=O)CC(F)F)C2. The zero-order valence-corrected chi connectivity index (χ0v) is 16.6. The average Bonchev–Trinajstić information content (AvgIpc) is 3.02. The Morgan fingerprint density at radius 1 is 1.37 bits per heavy atom. The summed E-state index contributed by atoms with van der Waals surface area (Å²) in [5.41, 5.74) is 7.84. The largest absolute Gasteiger partial charge is 0.385 e. The van der Waals surface area contributed by atoms with E-state index < -0.39 is 39.8 Å². The van der Waals surface area contributed by atoms with Gasteiger partial charge in [-0.25, -0.2) is 26.3 Å². The van der Waals surface area contributed by atoms with Crippen molar-refractivity contribution in [2.45, 2.75) is 31.7 Å². The molecule has 0 aliphatic carbocycles. The molecule has 3 heterocycles. The number of rotatable bonds is 4. The number of benzene rings is 1. The Labute approximate surface area is 170 Å². The standard InChI is InChI=1S/C18H20F3N5O3S/c19-10-1-2-14-13(7-10)11(3-5-23-14)18(27)26-15-8-25(30(28,29)9-16(20)21)6-4-12(15)17(22)24-26/h1-2,7,11,16,23H,3-6,8-9H2,(H2,22,24). The minimum absolute atomic E-state index is 0.0203. The van der Waals surface area contributed by atoms with Gasteiger partial charge in [0, 0.05) is 24.3 Å². The number of aromatic nitrogens is 2. The van der Waals surface area contributed by atoms with E-state index in [0.717, 1.165) is 8.99 Å². The maximum absolute atomic E-state index is 13.8. The predicted molar refractivity (Wildman–Crippen MR) is 103 cm³/mol. The Bertz CT molecular complexity index is 1100. The van der Waals surface area contributed by atoms with Gasteiger partial charge in [-0.15, -0.1) is 5.10 Å². The predicted octanol–water partition coefficient (Wildman–Crippen LogP) is 1.80. The number of nitrogens with zero attached hydrogens (tertiary/aromatic N) is 3. The van der Waals surface area contributed by atoms with Crippen molar-refractivity contribution in [3.05, 3.63) is 40.8 Å². The summed E-state index contributed by atoms with van der Waals surface area (Å²) in [6, 6.07) is 4.12. The fraction of sp³-hybridized carbons (Fsp3) is 0.444. The van der Waals surface area contributed by atoms with Crippen LogP contribution >= 0.6 is 0 Å². The highest BCUT2D eigenvalue weighted by Crippen LogP contribution is 2.35. The van der Waals surface area contributed by atoms with Crippen LogP contribution in [0.4, 0.5) is 24.7 Å². The van der Waals surface area contributed by atoms with E-state index in [4.69, 9.17) is 5.73 Å². The Morgan fingerprint density at radius 2 is 2.13 bits per heavy atom. The van der Waals surface area contributed by atoms with Gasteiger partial charge in [-0.05, 0) is 36.6 Å². The van der Waals surface area contributed by atoms with Gasteiger partial charge >= 0.3 is 0 Å². The van der Waals surface area contributed by atoms with E-state index in [1.165, 1.54) is 12.1 Å². The lowest BCUT2D eigenvalue weighted by Gasteiger charge is -2.28. The fourth-order valence-corrected chi connectivity index (χ4v) is 5.22. The molecule has 12 heteroatoms. The van der Waals surface area contributed by atoms with Crippen molar-refractivity contribution in [2.75, 3.05) is 29.9 Å². The third-order valence-corrected chi connectivity index (χ3v) is 7.20. The summed E-state index contributed by atoms with van der Waals surface area (Å²) in [6.07, 6.45) is -2.46. The lowest BCUT2D eigenvalue weighted by Crippen LogP contribution is -2.40. The molecule has 1 atom stereocenters. The van der Waals surface area contributed by atoms with Crippen LogP contribution in [0.25, 0.3) is 0 Å². The summed E-state index contributed by atoms with van der Waals surface area (Å²) in [7, 11) is -4.21. The van der Waals surface area contributed by atoms with E-state index >= 15 is 0 Å². The lowest BCUT2D eigenvalue weighted by molar-refractivity contribution is 0.0849. The van der Waals surface area contributed by atoms with Crippen LogP contribution in [0.1, 0.15) is 34.0 Å². The van der Waals surface area contributed by atoms with Gasteiger partial charge in [-0.3, -0.25) is 4.79 Å². The van der Waals surface area contributed by atoms with Crippen LogP contribution < -0.4 is 11.1 Å². The van der Waals surface area contributed by atoms with Gasteiger partial charge in [0.15, 0.2) is 0 Å². The van der Waals surface area contributed by atoms with E-state index in [2.05, 4.69) is 10.4 Å². The molecule has 162 valence electrons. The van der Waals surface area contributed by atoms with Crippen molar-refractivity contribution in [2.24, 2.45) is 0 Å². The molecule has 0 fully saturated rings. The molecule has 2 aliphatic heterocycles. The minimum atomic E-state index is -4.21. The van der Waals surface area contributed by atoms with Crippen molar-refractivity contribution >= 4 is 27.4 Å². The normalized spacial score (nSPS) is 19.3. The van der Waals surface area contributed by atoms with Gasteiger partial charge < -0.3 is 11.1 Å². The number of halogens is 3. The van der Waals surface area contributed by atoms with Crippen LogP contribution in [0.15, 0.2) is 18.2 Å². The molecular formula is C18H20F3N5O3S. The minimum Gasteiger partial charge on any atom is -0.385 e. The van der Waals surface area contributed by atoms with Crippen LogP contribution in [0.3, 0.4) is 0 Å². The zero-order chi connectivity index (χ0) is 21.6. The molecule has 3 N–H and O–H groups in total. The first kappa shape index (κ1) is 20.7. The van der Waals surface area contributed by atoms with Crippen molar-refractivity contribution in [3.63, 3.8) is 0 Å². The van der Waals surface area contributed by atoms with Crippen LogP contribution in [0.2, 0.25) is 0 Å². The number of fused-ring (bicyclic) bond motifs is 2. The van der Waals surface area contributed by atoms with Crippen molar-refractivity contribution in [1.82, 2.24) is 14.1 Å². The monoisotopic (exact) mass is 443 g/mol. The molecular weight excluding hydrogens is 423 g/mol. The maximum atomic E-state index is 13.8. The summed E-state index contributed by atoms with van der Waals surface area (Å²) in [5.74, 6) is -2.85. The Hall–Kier alpha value is -2.60. The first-order valence-electron chi connectivity index (χ1n) is 9.37. The molecule has 0 amide bonds. The molecule has 1 unspecified atom stereocenters. The first-order chi connectivity index (χ1) is 14.2. The fourth-order valence-electron chi connectivity index (χ4n) is 4.00. The van der Waals surface area contributed by atoms with Crippen LogP contribution in [-0.2, 0) is 23.0 Å². The molecule has 0 saturated heterocycles. The second-order valence-electron chi connectivity index (χ2n) is 7.31. The molecule has 0 spiro atoms. The second kappa shape index (κ2) is 7.58. The Balaban J connectivity index is 1.69. The number of alkyl halides is 2. The number of hydrogen-bond acceptors (Lipinski definition) is 6. The molecule has 2 aromatic rings. The number of carbonyl (C=O) groups excluding carboxylic acids is 1. The maximum Gasteiger partial charge on any atom is 0.254 e. The molecule has 30 heavy (non-hydrogen) atoms. The Morgan fingerprint density at radius 3 is 2.87 bits per heavy atom. The summed E-state index contributed by atoms with van der Waals surface area (Å²) < 4.78 is 65.6. The van der Waals surface area contributed by atoms with Gasteiger partial charge in [-0.1, -0.05) is 0 Å². The van der Waals surface area contributed by atoms with Gasteiger partial charge in [0.05, 0.1) is 18.2 Å². The van der Waals surface area contributed by atoms with Crippen molar-refractivity contribution in [3.8, 4) is 0 Å². The van der Waals surface area contributed by atoms with E-state index in [1.807, 2.05) is 0 Å². The number of nitrogens with one attached hydrogen (secondary N) is 1. The van der Waals surface area contributed by atoms with E-state index in [0.29, 0.717) is 29.8 Å². The number of sulfonamides is 1. The number of anilines is 2. The summed E-state index contributed by atoms with van der Waals surface area (Å²) in [5, 5.41) is 7.21. The van der Waals surface area contributed by atoms with Gasteiger partial charge in [0.1, 0.15) is 17.4 Å². The number of carbonyl (C=O) groups is 1. The summed E-state index contributed by atoms with van der Waals surface area (Å²) in [6.45, 7) is 0.192. The third-order valence-electron chi connectivity index (χ3n) is 5.43. The van der Waals surface area contributed by atoms with Gasteiger partial charge in [0.25, 0.3) is 12.3 Å². The molecule has 1 aromatic heterocycles. The quantitative estimate of drug-likeness (QED) is 0.746. The highest BCUT2D eigenvalue weighted by Gasteiger charge is 2.36. The zero-order valence-electron chi connectivity index (χ0n) is 15.8. The van der Waals surface area contributed by atoms with Crippen LogP contribution in [-0.4, -0.2) is 53.7 Å². The Kier molecular flexibility index (Phi) is 5.22. The van der Waals surface area contributed by atoms with Crippen LogP contribution in [0, 0.1) is 5.82 Å². The van der Waals surface area contributed by atoms with Crippen LogP contribution in [0.5, 0.6) is 0 Å². The first-order valence-corrected chi connectivity index (χ1v) is 11.0. The van der Waals surface area contributed by atoms with E-state index in [-0.39, 0.29) is 31.0 Å². The lowest BCUT2D eigenvalue weighted by atomic mass is 9.90. The molecule has 2 aliphatic rings. The van der Waals surface area contributed by atoms with E-state index in [1.54, 1.807) is 6.07 Å². The average molecular weight is 443 g/mol. The van der Waals surface area contributed by atoms with Gasteiger partial charge in [0.2, 0.25) is 10.0 Å². The van der Waals surface area contributed by atoms with Crippen molar-refractivity contribution in [1.29, 1.82) is 0 Å².